The fraction of sp³-hybridized carbons (Fsp3) is 0.200. The molecule has 1 atom stereocenters. The normalized spacial score (nSPS) is 13.3. The van der Waals surface area contributed by atoms with E-state index in [1.807, 2.05) is 0 Å². The van der Waals surface area contributed by atoms with Gasteiger partial charge in [0.25, 0.3) is 0 Å². The van der Waals surface area contributed by atoms with Crippen LogP contribution in [0.3, 0.4) is 0 Å². The van der Waals surface area contributed by atoms with Crippen LogP contribution in [0.25, 0.3) is 0 Å². The summed E-state index contributed by atoms with van der Waals surface area (Å²) < 4.78 is 38.6. The van der Waals surface area contributed by atoms with Gasteiger partial charge in [0.1, 0.15) is 6.10 Å². The average molecular weight is 380 g/mol. The number of benzene rings is 2. The first-order valence-corrected chi connectivity index (χ1v) is 7.18. The van der Waals surface area contributed by atoms with Gasteiger partial charge in [0.15, 0.2) is 0 Å². The summed E-state index contributed by atoms with van der Waals surface area (Å²) in [7, 11) is 0. The van der Waals surface area contributed by atoms with E-state index < -0.39 is 17.8 Å². The highest BCUT2D eigenvalue weighted by molar-refractivity contribution is 9.10. The Bertz CT molecular complexity index is 670. The molecule has 0 aliphatic rings. The lowest BCUT2D eigenvalue weighted by Crippen LogP contribution is -2.08. The van der Waals surface area contributed by atoms with Gasteiger partial charge in [-0.2, -0.15) is 13.2 Å². The van der Waals surface area contributed by atoms with Crippen molar-refractivity contribution in [1.29, 1.82) is 0 Å². The van der Waals surface area contributed by atoms with E-state index in [9.17, 15) is 18.3 Å². The van der Waals surface area contributed by atoms with Crippen molar-refractivity contribution in [3.05, 3.63) is 68.1 Å². The van der Waals surface area contributed by atoms with Crippen LogP contribution in [0.4, 0.5) is 13.2 Å². The highest BCUT2D eigenvalue weighted by Crippen LogP contribution is 2.37. The SMILES string of the molecule is Cc1ccc(C(O)c2ccc(Br)c(C(F)(F)F)c2)cc1Cl. The highest BCUT2D eigenvalue weighted by atomic mass is 79.9. The molecule has 2 aromatic carbocycles. The summed E-state index contributed by atoms with van der Waals surface area (Å²) >= 11 is 8.85. The zero-order valence-electron chi connectivity index (χ0n) is 10.9. The van der Waals surface area contributed by atoms with E-state index in [2.05, 4.69) is 15.9 Å². The Morgan fingerprint density at radius 2 is 1.67 bits per heavy atom. The maximum absolute atomic E-state index is 12.9. The molecule has 1 unspecified atom stereocenters. The minimum atomic E-state index is -4.49. The number of alkyl halides is 3. The molecule has 112 valence electrons. The van der Waals surface area contributed by atoms with E-state index in [1.165, 1.54) is 12.1 Å². The monoisotopic (exact) mass is 378 g/mol. The molecule has 0 aliphatic heterocycles. The maximum Gasteiger partial charge on any atom is 0.417 e. The predicted molar refractivity (Wildman–Crippen MR) is 79.4 cm³/mol. The minimum Gasteiger partial charge on any atom is -0.384 e. The molecule has 0 radical (unpaired) electrons. The van der Waals surface area contributed by atoms with Gasteiger partial charge in [0.05, 0.1) is 5.56 Å². The van der Waals surface area contributed by atoms with Gasteiger partial charge in [-0.05, 0) is 41.8 Å². The molecular formula is C15H11BrClF3O. The Morgan fingerprint density at radius 1 is 1.10 bits per heavy atom. The van der Waals surface area contributed by atoms with Gasteiger partial charge >= 0.3 is 6.18 Å². The van der Waals surface area contributed by atoms with E-state index in [4.69, 9.17) is 11.6 Å². The number of hydrogen-bond acceptors (Lipinski definition) is 1. The molecule has 1 N–H and O–H groups in total. The molecule has 0 bridgehead atoms. The number of halogens is 5. The Balaban J connectivity index is 2.44. The van der Waals surface area contributed by atoms with Crippen LogP contribution in [-0.4, -0.2) is 5.11 Å². The van der Waals surface area contributed by atoms with Gasteiger partial charge in [0, 0.05) is 9.50 Å². The first kappa shape index (κ1) is 16.3. The summed E-state index contributed by atoms with van der Waals surface area (Å²) in [4.78, 5) is 0. The minimum absolute atomic E-state index is 0.0621. The number of hydrogen-bond donors (Lipinski definition) is 1. The van der Waals surface area contributed by atoms with Gasteiger partial charge in [-0.3, -0.25) is 0 Å². The summed E-state index contributed by atoms with van der Waals surface area (Å²) in [5.41, 5.74) is 0.614. The molecule has 0 saturated heterocycles. The van der Waals surface area contributed by atoms with E-state index in [0.29, 0.717) is 10.6 Å². The lowest BCUT2D eigenvalue weighted by atomic mass is 9.99. The van der Waals surface area contributed by atoms with Gasteiger partial charge in [-0.1, -0.05) is 45.7 Å². The van der Waals surface area contributed by atoms with Crippen molar-refractivity contribution in [2.24, 2.45) is 0 Å². The number of rotatable bonds is 2. The maximum atomic E-state index is 12.9. The van der Waals surface area contributed by atoms with Crippen LogP contribution in [-0.2, 0) is 6.18 Å². The Hall–Kier alpha value is -1.04. The topological polar surface area (TPSA) is 20.2 Å². The quantitative estimate of drug-likeness (QED) is 0.729. The molecule has 0 aliphatic carbocycles. The average Bonchev–Trinajstić information content (AvgIpc) is 2.40. The zero-order chi connectivity index (χ0) is 15.8. The fourth-order valence-electron chi connectivity index (χ4n) is 1.90. The summed E-state index contributed by atoms with van der Waals surface area (Å²) in [5.74, 6) is 0. The standard InChI is InChI=1S/C15H11BrClF3O/c1-8-2-3-10(7-13(8)17)14(21)9-4-5-12(16)11(6-9)15(18,19)20/h2-7,14,21H,1H3. The number of aryl methyl sites for hydroxylation is 1. The van der Waals surface area contributed by atoms with Crippen molar-refractivity contribution in [2.75, 3.05) is 0 Å². The van der Waals surface area contributed by atoms with E-state index in [1.54, 1.807) is 25.1 Å². The molecule has 0 amide bonds. The Morgan fingerprint density at radius 3 is 2.24 bits per heavy atom. The molecule has 0 heterocycles. The molecule has 0 saturated carbocycles. The van der Waals surface area contributed by atoms with Gasteiger partial charge < -0.3 is 5.11 Å². The largest absolute Gasteiger partial charge is 0.417 e. The molecule has 21 heavy (non-hydrogen) atoms. The molecule has 2 aromatic rings. The van der Waals surface area contributed by atoms with Crippen LogP contribution in [0, 0.1) is 6.92 Å². The Kier molecular flexibility index (Phi) is 4.66. The third-order valence-corrected chi connectivity index (χ3v) is 4.22. The van der Waals surface area contributed by atoms with Crippen LogP contribution in [0.2, 0.25) is 5.02 Å². The first-order valence-electron chi connectivity index (χ1n) is 6.01. The molecule has 6 heteroatoms. The van der Waals surface area contributed by atoms with Crippen LogP contribution >= 0.6 is 27.5 Å². The van der Waals surface area contributed by atoms with Crippen LogP contribution < -0.4 is 0 Å². The van der Waals surface area contributed by atoms with E-state index in [-0.39, 0.29) is 10.0 Å². The van der Waals surface area contributed by atoms with Crippen molar-refractivity contribution < 1.29 is 18.3 Å². The van der Waals surface area contributed by atoms with E-state index >= 15 is 0 Å². The van der Waals surface area contributed by atoms with E-state index in [0.717, 1.165) is 11.6 Å². The highest BCUT2D eigenvalue weighted by Gasteiger charge is 2.33. The summed E-state index contributed by atoms with van der Waals surface area (Å²) in [6.45, 7) is 1.81. The fourth-order valence-corrected chi connectivity index (χ4v) is 2.56. The van der Waals surface area contributed by atoms with Crippen LogP contribution in [0.15, 0.2) is 40.9 Å². The molecule has 2 rings (SSSR count). The molecule has 0 aromatic heterocycles. The number of aliphatic hydroxyl groups excluding tert-OH is 1. The van der Waals surface area contributed by atoms with Gasteiger partial charge in [0.2, 0.25) is 0 Å². The summed E-state index contributed by atoms with van der Waals surface area (Å²) in [5, 5.41) is 10.7. The van der Waals surface area contributed by atoms with Crippen molar-refractivity contribution in [3.8, 4) is 0 Å². The second-order valence-electron chi connectivity index (χ2n) is 4.65. The number of aliphatic hydroxyl groups is 1. The lowest BCUT2D eigenvalue weighted by Gasteiger charge is -2.16. The smallest absolute Gasteiger partial charge is 0.384 e. The van der Waals surface area contributed by atoms with Crippen molar-refractivity contribution >= 4 is 27.5 Å². The molecule has 1 nitrogen and oxygen atoms in total. The van der Waals surface area contributed by atoms with Gasteiger partial charge in [-0.25, -0.2) is 0 Å². The molecule has 0 spiro atoms. The lowest BCUT2D eigenvalue weighted by molar-refractivity contribution is -0.138. The third-order valence-electron chi connectivity index (χ3n) is 3.12. The van der Waals surface area contributed by atoms with Gasteiger partial charge in [-0.15, -0.1) is 0 Å². The first-order chi connectivity index (χ1) is 9.70. The summed E-state index contributed by atoms with van der Waals surface area (Å²) in [6.07, 6.45) is -5.66. The second-order valence-corrected chi connectivity index (χ2v) is 5.91. The second kappa shape index (κ2) is 5.99. The van der Waals surface area contributed by atoms with Crippen molar-refractivity contribution in [1.82, 2.24) is 0 Å². The van der Waals surface area contributed by atoms with Crippen LogP contribution in [0.5, 0.6) is 0 Å². The Labute approximate surface area is 133 Å². The third kappa shape index (κ3) is 3.59. The van der Waals surface area contributed by atoms with Crippen LogP contribution in [0.1, 0.15) is 28.4 Å². The zero-order valence-corrected chi connectivity index (χ0v) is 13.2. The predicted octanol–water partition coefficient (Wildman–Crippen LogP) is 5.51. The molecule has 0 fully saturated rings. The molecular weight excluding hydrogens is 369 g/mol. The summed E-state index contributed by atoms with van der Waals surface area (Å²) in [6, 6.07) is 8.56. The van der Waals surface area contributed by atoms with Crippen molar-refractivity contribution in [2.45, 2.75) is 19.2 Å². The van der Waals surface area contributed by atoms with Crippen molar-refractivity contribution in [3.63, 3.8) is 0 Å².